The lowest BCUT2D eigenvalue weighted by atomic mass is 9.99. The molecule has 57 heavy (non-hydrogen) atoms. The molecule has 0 aliphatic carbocycles. The number of rotatable bonds is 5. The van der Waals surface area contributed by atoms with E-state index >= 15 is 0 Å². The van der Waals surface area contributed by atoms with Crippen LogP contribution >= 0.6 is 11.3 Å². The zero-order chi connectivity index (χ0) is 37.5. The van der Waals surface area contributed by atoms with Gasteiger partial charge in [-0.3, -0.25) is 0 Å². The van der Waals surface area contributed by atoms with Gasteiger partial charge in [0.2, 0.25) is 0 Å². The van der Waals surface area contributed by atoms with E-state index in [-0.39, 0.29) is 0 Å². The van der Waals surface area contributed by atoms with Crippen LogP contribution in [0.4, 0.5) is 0 Å². The lowest BCUT2D eigenvalue weighted by molar-refractivity contribution is 1.18. The lowest BCUT2D eigenvalue weighted by Crippen LogP contribution is -1.93. The molecule has 12 aromatic rings. The Labute approximate surface area is 333 Å². The monoisotopic (exact) mass is 742 g/mol. The fourth-order valence-electron chi connectivity index (χ4n) is 9.01. The molecule has 0 saturated heterocycles. The Morgan fingerprint density at radius 3 is 1.25 bits per heavy atom. The van der Waals surface area contributed by atoms with Gasteiger partial charge in [0.25, 0.3) is 0 Å². The predicted octanol–water partition coefficient (Wildman–Crippen LogP) is 15.2. The van der Waals surface area contributed by atoms with Crippen molar-refractivity contribution in [1.82, 2.24) is 9.13 Å². The fourth-order valence-corrected chi connectivity index (χ4v) is 10.2. The predicted molar refractivity (Wildman–Crippen MR) is 244 cm³/mol. The van der Waals surface area contributed by atoms with Gasteiger partial charge in [0, 0.05) is 53.1 Å². The van der Waals surface area contributed by atoms with E-state index < -0.39 is 0 Å². The number of aromatic nitrogens is 2. The van der Waals surface area contributed by atoms with Gasteiger partial charge in [-0.05, 0) is 106 Å². The molecule has 266 valence electrons. The van der Waals surface area contributed by atoms with E-state index in [1.54, 1.807) is 0 Å². The molecule has 0 N–H and O–H groups in total. The molecule has 0 bridgehead atoms. The Kier molecular flexibility index (Phi) is 7.13. The molecule has 3 heteroatoms. The number of nitrogens with zero attached hydrogens (tertiary/aromatic N) is 2. The Morgan fingerprint density at radius 1 is 0.246 bits per heavy atom. The largest absolute Gasteiger partial charge is 0.309 e. The highest BCUT2D eigenvalue weighted by molar-refractivity contribution is 7.25. The van der Waals surface area contributed by atoms with Crippen LogP contribution in [0.5, 0.6) is 0 Å². The molecule has 12 rings (SSSR count). The van der Waals surface area contributed by atoms with Crippen molar-refractivity contribution in [1.29, 1.82) is 0 Å². The van der Waals surface area contributed by atoms with Crippen molar-refractivity contribution in [3.8, 4) is 44.8 Å². The van der Waals surface area contributed by atoms with Crippen molar-refractivity contribution in [2.45, 2.75) is 0 Å². The molecular formula is C54H34N2S. The second-order valence-electron chi connectivity index (χ2n) is 14.9. The van der Waals surface area contributed by atoms with Gasteiger partial charge < -0.3 is 9.13 Å². The first-order valence-electron chi connectivity index (χ1n) is 19.5. The summed E-state index contributed by atoms with van der Waals surface area (Å²) in [6.45, 7) is 0. The molecule has 3 aromatic heterocycles. The SMILES string of the molecule is c1ccc(-c2ccc3c(c2)c2cc(-c4ccc5c(c4)sc4cc(-c6ccc7c8ccccc8n(-c8ccccc8)c7c6)ccc45)ccc2n3-c2ccccc2)cc1. The molecule has 2 nitrogen and oxygen atoms in total. The van der Waals surface area contributed by atoms with Gasteiger partial charge >= 0.3 is 0 Å². The summed E-state index contributed by atoms with van der Waals surface area (Å²) >= 11 is 1.88. The van der Waals surface area contributed by atoms with E-state index in [4.69, 9.17) is 0 Å². The van der Waals surface area contributed by atoms with E-state index in [9.17, 15) is 0 Å². The molecule has 0 aliphatic rings. The summed E-state index contributed by atoms with van der Waals surface area (Å²) in [4.78, 5) is 0. The van der Waals surface area contributed by atoms with E-state index in [0.29, 0.717) is 0 Å². The average molecular weight is 743 g/mol. The second kappa shape index (κ2) is 12.7. The summed E-state index contributed by atoms with van der Waals surface area (Å²) in [7, 11) is 0. The summed E-state index contributed by atoms with van der Waals surface area (Å²) in [5, 5.41) is 7.67. The van der Waals surface area contributed by atoms with Gasteiger partial charge in [-0.1, -0.05) is 133 Å². The van der Waals surface area contributed by atoms with Crippen molar-refractivity contribution in [2.24, 2.45) is 0 Å². The van der Waals surface area contributed by atoms with E-state index in [1.807, 2.05) is 11.3 Å². The van der Waals surface area contributed by atoms with Crippen molar-refractivity contribution in [3.05, 3.63) is 206 Å². The smallest absolute Gasteiger partial charge is 0.0547 e. The van der Waals surface area contributed by atoms with Crippen LogP contribution in [0.15, 0.2) is 206 Å². The third kappa shape index (κ3) is 5.10. The van der Waals surface area contributed by atoms with Crippen molar-refractivity contribution >= 4 is 75.1 Å². The molecule has 0 unspecified atom stereocenters. The first-order valence-corrected chi connectivity index (χ1v) is 20.3. The fraction of sp³-hybridized carbons (Fsp3) is 0. The summed E-state index contributed by atoms with van der Waals surface area (Å²) in [5.41, 5.74) is 14.6. The average Bonchev–Trinajstić information content (AvgIpc) is 3.93. The number of thiophene rings is 1. The minimum atomic E-state index is 1.17. The van der Waals surface area contributed by atoms with Crippen LogP contribution in [0.25, 0.3) is 109 Å². The van der Waals surface area contributed by atoms with Crippen LogP contribution < -0.4 is 0 Å². The van der Waals surface area contributed by atoms with Crippen molar-refractivity contribution in [3.63, 3.8) is 0 Å². The standard InChI is InChI=1S/C54H34N2S/c1-4-12-35(13-5-1)36-23-28-50-47(30-36)48-31-37(24-29-51(48)55(50)41-14-6-2-7-15-41)39-21-26-45-46-27-22-40(34-54(46)57-53(45)33-39)38-20-25-44-43-18-10-11-19-49(43)56(52(44)32-38)42-16-8-3-9-17-42/h1-34H. The van der Waals surface area contributed by atoms with Crippen LogP contribution in [0.1, 0.15) is 0 Å². The normalized spacial score (nSPS) is 11.9. The molecule has 0 amide bonds. The minimum Gasteiger partial charge on any atom is -0.309 e. The highest BCUT2D eigenvalue weighted by Crippen LogP contribution is 2.42. The van der Waals surface area contributed by atoms with Gasteiger partial charge in [0.05, 0.1) is 22.1 Å². The number of hydrogen-bond acceptors (Lipinski definition) is 1. The number of fused-ring (bicyclic) bond motifs is 9. The van der Waals surface area contributed by atoms with E-state index in [0.717, 1.165) is 0 Å². The van der Waals surface area contributed by atoms with Crippen LogP contribution in [0.2, 0.25) is 0 Å². The first-order chi connectivity index (χ1) is 28.2. The minimum absolute atomic E-state index is 1.17. The van der Waals surface area contributed by atoms with Gasteiger partial charge in [-0.25, -0.2) is 0 Å². The molecule has 0 saturated carbocycles. The van der Waals surface area contributed by atoms with E-state index in [1.165, 1.54) is 109 Å². The Morgan fingerprint density at radius 2 is 0.649 bits per heavy atom. The lowest BCUT2D eigenvalue weighted by Gasteiger charge is -2.09. The van der Waals surface area contributed by atoms with Gasteiger partial charge in [-0.2, -0.15) is 0 Å². The molecule has 9 aromatic carbocycles. The van der Waals surface area contributed by atoms with Crippen molar-refractivity contribution in [2.75, 3.05) is 0 Å². The maximum Gasteiger partial charge on any atom is 0.0547 e. The van der Waals surface area contributed by atoms with Crippen LogP contribution in [-0.4, -0.2) is 9.13 Å². The molecule has 0 spiro atoms. The summed E-state index contributed by atoms with van der Waals surface area (Å²) in [6, 6.07) is 75.6. The molecular weight excluding hydrogens is 709 g/mol. The van der Waals surface area contributed by atoms with Crippen molar-refractivity contribution < 1.29 is 0 Å². The maximum atomic E-state index is 2.40. The zero-order valence-electron chi connectivity index (χ0n) is 30.9. The summed E-state index contributed by atoms with van der Waals surface area (Å²) in [6.07, 6.45) is 0. The third-order valence-corrected chi connectivity index (χ3v) is 12.8. The van der Waals surface area contributed by atoms with Crippen LogP contribution in [-0.2, 0) is 0 Å². The van der Waals surface area contributed by atoms with E-state index in [2.05, 4.69) is 215 Å². The quantitative estimate of drug-likeness (QED) is 0.166. The number of para-hydroxylation sites is 3. The van der Waals surface area contributed by atoms with Crippen LogP contribution in [0.3, 0.4) is 0 Å². The Hall–Kier alpha value is -7.20. The maximum absolute atomic E-state index is 2.40. The summed E-state index contributed by atoms with van der Waals surface area (Å²) in [5.74, 6) is 0. The second-order valence-corrected chi connectivity index (χ2v) is 16.0. The third-order valence-electron chi connectivity index (χ3n) is 11.7. The summed E-state index contributed by atoms with van der Waals surface area (Å²) < 4.78 is 7.40. The first kappa shape index (κ1) is 32.1. The van der Waals surface area contributed by atoms with Gasteiger partial charge in [-0.15, -0.1) is 11.3 Å². The molecule has 0 fully saturated rings. The number of benzene rings is 9. The van der Waals surface area contributed by atoms with Gasteiger partial charge in [0.15, 0.2) is 0 Å². The van der Waals surface area contributed by atoms with Crippen LogP contribution in [0, 0.1) is 0 Å². The number of hydrogen-bond donors (Lipinski definition) is 0. The highest BCUT2D eigenvalue weighted by atomic mass is 32.1. The molecule has 0 radical (unpaired) electrons. The molecule has 0 aliphatic heterocycles. The zero-order valence-corrected chi connectivity index (χ0v) is 31.7. The Balaban J connectivity index is 0.969. The molecule has 3 heterocycles. The van der Waals surface area contributed by atoms with Gasteiger partial charge in [0.1, 0.15) is 0 Å². The Bertz CT molecular complexity index is 3500. The highest BCUT2D eigenvalue weighted by Gasteiger charge is 2.17. The molecule has 0 atom stereocenters. The topological polar surface area (TPSA) is 9.86 Å².